The third-order valence-electron chi connectivity index (χ3n) is 2.89. The molecule has 0 aromatic heterocycles. The maximum Gasteiger partial charge on any atom is 0.325 e. The molecule has 2 amide bonds. The Balaban J connectivity index is 4.62. The summed E-state index contributed by atoms with van der Waals surface area (Å²) in [7, 11) is 1.57. The fourth-order valence-electron chi connectivity index (χ4n) is 1.70. The zero-order chi connectivity index (χ0) is 14.1. The molecule has 0 bridgehead atoms. The third-order valence-corrected chi connectivity index (χ3v) is 2.89. The van der Waals surface area contributed by atoms with Crippen molar-refractivity contribution in [2.24, 2.45) is 0 Å². The number of amides is 2. The number of methoxy groups -OCH3 is 1. The quantitative estimate of drug-likeness (QED) is 0.689. The monoisotopic (exact) mass is 260 g/mol. The number of carboxylic acid groups (broad SMARTS) is 1. The molecular formula is C12H24N2O4. The van der Waals surface area contributed by atoms with E-state index in [2.05, 4.69) is 5.32 Å². The molecule has 0 fully saturated rings. The molecule has 0 aliphatic heterocycles. The average Bonchev–Trinajstić information content (AvgIpc) is 2.34. The van der Waals surface area contributed by atoms with Crippen LogP contribution in [-0.2, 0) is 9.53 Å². The molecule has 0 aliphatic rings. The number of hydrogen-bond acceptors (Lipinski definition) is 3. The molecule has 0 spiro atoms. The highest BCUT2D eigenvalue weighted by atomic mass is 16.5. The van der Waals surface area contributed by atoms with Gasteiger partial charge in [-0.1, -0.05) is 13.8 Å². The van der Waals surface area contributed by atoms with Crippen LogP contribution in [-0.4, -0.2) is 54.4 Å². The predicted molar refractivity (Wildman–Crippen MR) is 68.6 cm³/mol. The number of aliphatic carboxylic acids is 1. The van der Waals surface area contributed by atoms with Gasteiger partial charge in [0.05, 0.1) is 6.61 Å². The number of carbonyl (C=O) groups is 2. The van der Waals surface area contributed by atoms with Gasteiger partial charge in [-0.3, -0.25) is 4.79 Å². The second-order valence-corrected chi connectivity index (χ2v) is 4.17. The summed E-state index contributed by atoms with van der Waals surface area (Å²) in [5.74, 6) is -1.04. The number of carboxylic acids is 1. The van der Waals surface area contributed by atoms with Crippen LogP contribution < -0.4 is 5.32 Å². The van der Waals surface area contributed by atoms with Crippen molar-refractivity contribution in [1.82, 2.24) is 10.2 Å². The minimum Gasteiger partial charge on any atom is -0.480 e. The smallest absolute Gasteiger partial charge is 0.325 e. The Morgan fingerprint density at radius 2 is 1.89 bits per heavy atom. The molecule has 2 N–H and O–H groups in total. The minimum atomic E-state index is -1.04. The lowest BCUT2D eigenvalue weighted by Crippen LogP contribution is -2.51. The van der Waals surface area contributed by atoms with Crippen molar-refractivity contribution < 1.29 is 19.4 Å². The van der Waals surface area contributed by atoms with E-state index in [-0.39, 0.29) is 12.1 Å². The van der Waals surface area contributed by atoms with E-state index < -0.39 is 12.0 Å². The summed E-state index contributed by atoms with van der Waals surface area (Å²) in [5, 5.41) is 11.3. The van der Waals surface area contributed by atoms with Crippen LogP contribution in [0.15, 0.2) is 0 Å². The molecule has 106 valence electrons. The van der Waals surface area contributed by atoms with E-state index in [1.165, 1.54) is 6.92 Å². The Bertz CT molecular complexity index is 267. The van der Waals surface area contributed by atoms with Crippen molar-refractivity contribution in [3.63, 3.8) is 0 Å². The first kappa shape index (κ1) is 16.7. The van der Waals surface area contributed by atoms with Crippen molar-refractivity contribution >= 4 is 12.0 Å². The van der Waals surface area contributed by atoms with E-state index in [0.717, 1.165) is 12.8 Å². The Kier molecular flexibility index (Phi) is 8.11. The summed E-state index contributed by atoms with van der Waals surface area (Å²) in [6.07, 6.45) is 1.66. The summed E-state index contributed by atoms with van der Waals surface area (Å²) in [4.78, 5) is 24.4. The first-order chi connectivity index (χ1) is 8.47. The lowest BCUT2D eigenvalue weighted by Gasteiger charge is -2.31. The molecule has 0 saturated heterocycles. The summed E-state index contributed by atoms with van der Waals surface area (Å²) in [6, 6.07) is -1.14. The van der Waals surface area contributed by atoms with Gasteiger partial charge in [0.25, 0.3) is 0 Å². The molecule has 6 heteroatoms. The molecular weight excluding hydrogens is 236 g/mol. The molecule has 18 heavy (non-hydrogen) atoms. The summed E-state index contributed by atoms with van der Waals surface area (Å²) in [6.45, 7) is 6.35. The second-order valence-electron chi connectivity index (χ2n) is 4.17. The highest BCUT2D eigenvalue weighted by Crippen LogP contribution is 2.09. The van der Waals surface area contributed by atoms with E-state index in [1.54, 1.807) is 12.0 Å². The van der Waals surface area contributed by atoms with Crippen molar-refractivity contribution in [1.29, 1.82) is 0 Å². The van der Waals surface area contributed by atoms with E-state index in [9.17, 15) is 9.59 Å². The molecule has 0 aromatic rings. The predicted octanol–water partition coefficient (Wildman–Crippen LogP) is 1.31. The molecule has 0 radical (unpaired) electrons. The van der Waals surface area contributed by atoms with Gasteiger partial charge in [0.2, 0.25) is 0 Å². The van der Waals surface area contributed by atoms with Crippen LogP contribution in [0.2, 0.25) is 0 Å². The topological polar surface area (TPSA) is 78.9 Å². The van der Waals surface area contributed by atoms with Gasteiger partial charge in [-0.05, 0) is 19.8 Å². The van der Waals surface area contributed by atoms with Gasteiger partial charge in [-0.2, -0.15) is 0 Å². The average molecular weight is 260 g/mol. The zero-order valence-electron chi connectivity index (χ0n) is 11.6. The summed E-state index contributed by atoms with van der Waals surface area (Å²) < 4.78 is 4.98. The fraction of sp³-hybridized carbons (Fsp3) is 0.833. The van der Waals surface area contributed by atoms with Gasteiger partial charge in [-0.15, -0.1) is 0 Å². The number of rotatable bonds is 8. The normalized spacial score (nSPS) is 12.3. The summed E-state index contributed by atoms with van der Waals surface area (Å²) >= 11 is 0. The van der Waals surface area contributed by atoms with Crippen LogP contribution in [0, 0.1) is 0 Å². The lowest BCUT2D eigenvalue weighted by molar-refractivity contribution is -0.138. The molecule has 0 aromatic carbocycles. The van der Waals surface area contributed by atoms with Gasteiger partial charge in [0, 0.05) is 19.7 Å². The largest absolute Gasteiger partial charge is 0.480 e. The van der Waals surface area contributed by atoms with Crippen LogP contribution in [0.4, 0.5) is 4.79 Å². The van der Waals surface area contributed by atoms with Crippen LogP contribution in [0.3, 0.4) is 0 Å². The molecule has 0 rings (SSSR count). The van der Waals surface area contributed by atoms with Gasteiger partial charge in [-0.25, -0.2) is 4.79 Å². The van der Waals surface area contributed by atoms with E-state index in [1.807, 2.05) is 13.8 Å². The lowest BCUT2D eigenvalue weighted by atomic mass is 10.1. The molecule has 0 unspecified atom stereocenters. The standard InChI is InChI=1S/C12H24N2O4/c1-5-10(6-2)14(7-8-18-4)12(17)13-9(3)11(15)16/h9-10H,5-8H2,1-4H3,(H,13,17)(H,15,16)/t9-/m0/s1. The van der Waals surface area contributed by atoms with Gasteiger partial charge >= 0.3 is 12.0 Å². The number of hydrogen-bond donors (Lipinski definition) is 2. The number of carbonyl (C=O) groups excluding carboxylic acids is 1. The first-order valence-corrected chi connectivity index (χ1v) is 6.26. The van der Waals surface area contributed by atoms with Crippen molar-refractivity contribution in [2.45, 2.75) is 45.7 Å². The Morgan fingerprint density at radius 3 is 2.28 bits per heavy atom. The van der Waals surface area contributed by atoms with E-state index >= 15 is 0 Å². The molecule has 0 saturated carbocycles. The molecule has 6 nitrogen and oxygen atoms in total. The van der Waals surface area contributed by atoms with Crippen LogP contribution >= 0.6 is 0 Å². The Morgan fingerprint density at radius 1 is 1.33 bits per heavy atom. The van der Waals surface area contributed by atoms with Crippen LogP contribution in [0.1, 0.15) is 33.6 Å². The van der Waals surface area contributed by atoms with Crippen LogP contribution in [0.25, 0.3) is 0 Å². The van der Waals surface area contributed by atoms with Gasteiger partial charge in [0.15, 0.2) is 0 Å². The van der Waals surface area contributed by atoms with Crippen molar-refractivity contribution in [3.8, 4) is 0 Å². The van der Waals surface area contributed by atoms with Gasteiger partial charge in [0.1, 0.15) is 6.04 Å². The highest BCUT2D eigenvalue weighted by molar-refractivity contribution is 5.82. The molecule has 0 aliphatic carbocycles. The Labute approximate surface area is 108 Å². The minimum absolute atomic E-state index is 0.0983. The highest BCUT2D eigenvalue weighted by Gasteiger charge is 2.23. The SMILES string of the molecule is CCC(CC)N(CCOC)C(=O)N[C@@H](C)C(=O)O. The van der Waals surface area contributed by atoms with Crippen LogP contribution in [0.5, 0.6) is 0 Å². The van der Waals surface area contributed by atoms with Crippen molar-refractivity contribution in [3.05, 3.63) is 0 Å². The van der Waals surface area contributed by atoms with E-state index in [4.69, 9.17) is 9.84 Å². The van der Waals surface area contributed by atoms with E-state index in [0.29, 0.717) is 13.2 Å². The number of nitrogens with zero attached hydrogens (tertiary/aromatic N) is 1. The maximum absolute atomic E-state index is 12.0. The molecule has 0 heterocycles. The van der Waals surface area contributed by atoms with Crippen molar-refractivity contribution in [2.75, 3.05) is 20.3 Å². The van der Waals surface area contributed by atoms with Gasteiger partial charge < -0.3 is 20.1 Å². The maximum atomic E-state index is 12.0. The zero-order valence-corrected chi connectivity index (χ0v) is 11.6. The number of ether oxygens (including phenoxy) is 1. The number of nitrogens with one attached hydrogen (secondary N) is 1. The molecule has 1 atom stereocenters. The third kappa shape index (κ3) is 5.35. The Hall–Kier alpha value is -1.30. The second kappa shape index (κ2) is 8.74. The number of urea groups is 1. The fourth-order valence-corrected chi connectivity index (χ4v) is 1.70. The first-order valence-electron chi connectivity index (χ1n) is 6.26. The summed E-state index contributed by atoms with van der Waals surface area (Å²) in [5.41, 5.74) is 0.